The zero-order chi connectivity index (χ0) is 12.4. The molecule has 1 heterocycles. The minimum Gasteiger partial charge on any atom is -0.497 e. The van der Waals surface area contributed by atoms with Gasteiger partial charge in [-0.05, 0) is 24.3 Å². The van der Waals surface area contributed by atoms with Gasteiger partial charge in [-0.1, -0.05) is 5.16 Å². The number of amides is 1. The maximum absolute atomic E-state index is 11.2. The van der Waals surface area contributed by atoms with Crippen molar-refractivity contribution in [2.24, 2.45) is 5.73 Å². The van der Waals surface area contributed by atoms with Crippen molar-refractivity contribution in [3.8, 4) is 17.0 Å². The van der Waals surface area contributed by atoms with E-state index in [1.54, 1.807) is 31.4 Å². The Kier molecular flexibility index (Phi) is 2.70. The highest BCUT2D eigenvalue weighted by atomic mass is 16.5. The summed E-state index contributed by atoms with van der Waals surface area (Å²) in [6.07, 6.45) is 0. The number of primary amides is 1. The third-order valence-corrected chi connectivity index (χ3v) is 2.33. The Labute approximate surface area is 97.1 Å². The molecule has 0 aliphatic heterocycles. The van der Waals surface area contributed by atoms with Crippen molar-refractivity contribution in [3.05, 3.63) is 29.8 Å². The number of aromatic nitrogens is 1. The molecule has 1 amide bonds. The smallest absolute Gasteiger partial charge is 0.256 e. The van der Waals surface area contributed by atoms with Gasteiger partial charge in [-0.2, -0.15) is 0 Å². The number of hydrogen-bond acceptors (Lipinski definition) is 5. The van der Waals surface area contributed by atoms with E-state index in [0.29, 0.717) is 17.0 Å². The van der Waals surface area contributed by atoms with E-state index < -0.39 is 5.91 Å². The fraction of sp³-hybridized carbons (Fsp3) is 0.0909. The molecule has 0 aliphatic carbocycles. The fourth-order valence-corrected chi connectivity index (χ4v) is 1.49. The molecular weight excluding hydrogens is 222 g/mol. The van der Waals surface area contributed by atoms with E-state index >= 15 is 0 Å². The minimum atomic E-state index is -0.672. The molecule has 0 spiro atoms. The lowest BCUT2D eigenvalue weighted by Gasteiger charge is -2.01. The third kappa shape index (κ3) is 1.92. The van der Waals surface area contributed by atoms with E-state index in [0.717, 1.165) is 0 Å². The molecule has 2 aromatic rings. The standard InChI is InChI=1S/C11H11N3O3/c1-16-7-4-2-6(3-5-7)9-8(10(12)15)11(13)17-14-9/h2-5H,13H2,1H3,(H2,12,15). The molecular formula is C11H11N3O3. The first-order chi connectivity index (χ1) is 8.13. The largest absolute Gasteiger partial charge is 0.497 e. The topological polar surface area (TPSA) is 104 Å². The predicted octanol–water partition coefficient (Wildman–Crippen LogP) is 1.03. The summed E-state index contributed by atoms with van der Waals surface area (Å²) in [6, 6.07) is 6.96. The average Bonchev–Trinajstić information content (AvgIpc) is 2.71. The van der Waals surface area contributed by atoms with Crippen LogP contribution in [-0.2, 0) is 0 Å². The summed E-state index contributed by atoms with van der Waals surface area (Å²) in [5, 5.41) is 3.72. The van der Waals surface area contributed by atoms with E-state index in [2.05, 4.69) is 5.16 Å². The summed E-state index contributed by atoms with van der Waals surface area (Å²) in [5.74, 6) is -0.0521. The van der Waals surface area contributed by atoms with E-state index in [-0.39, 0.29) is 11.4 Å². The number of methoxy groups -OCH3 is 1. The van der Waals surface area contributed by atoms with E-state index in [4.69, 9.17) is 20.7 Å². The minimum absolute atomic E-state index is 0.0803. The molecule has 0 saturated heterocycles. The molecule has 0 bridgehead atoms. The molecule has 17 heavy (non-hydrogen) atoms. The second-order valence-electron chi connectivity index (χ2n) is 3.36. The third-order valence-electron chi connectivity index (χ3n) is 2.33. The van der Waals surface area contributed by atoms with E-state index in [1.807, 2.05) is 0 Å². The lowest BCUT2D eigenvalue weighted by Crippen LogP contribution is -2.13. The van der Waals surface area contributed by atoms with Gasteiger partial charge < -0.3 is 20.7 Å². The van der Waals surface area contributed by atoms with Crippen LogP contribution in [0.1, 0.15) is 10.4 Å². The van der Waals surface area contributed by atoms with Gasteiger partial charge in [0.05, 0.1) is 7.11 Å². The zero-order valence-electron chi connectivity index (χ0n) is 9.14. The molecule has 0 atom stereocenters. The van der Waals surface area contributed by atoms with E-state index in [9.17, 15) is 4.79 Å². The summed E-state index contributed by atoms with van der Waals surface area (Å²) in [5.41, 5.74) is 11.8. The monoisotopic (exact) mass is 233 g/mol. The molecule has 6 heteroatoms. The van der Waals surface area contributed by atoms with Crippen LogP contribution < -0.4 is 16.2 Å². The van der Waals surface area contributed by atoms with Crippen LogP contribution in [-0.4, -0.2) is 18.2 Å². The summed E-state index contributed by atoms with van der Waals surface area (Å²) in [4.78, 5) is 11.2. The van der Waals surface area contributed by atoms with Gasteiger partial charge in [0, 0.05) is 5.56 Å². The quantitative estimate of drug-likeness (QED) is 0.823. The summed E-state index contributed by atoms with van der Waals surface area (Å²) in [6.45, 7) is 0. The van der Waals surface area contributed by atoms with Crippen LogP contribution in [0.4, 0.5) is 5.88 Å². The molecule has 0 aliphatic rings. The highest BCUT2D eigenvalue weighted by Crippen LogP contribution is 2.27. The molecule has 6 nitrogen and oxygen atoms in total. The van der Waals surface area contributed by atoms with Gasteiger partial charge in [-0.3, -0.25) is 4.79 Å². The molecule has 0 unspecified atom stereocenters. The normalized spacial score (nSPS) is 10.2. The van der Waals surface area contributed by atoms with Crippen LogP contribution in [0.15, 0.2) is 28.8 Å². The Morgan fingerprint density at radius 3 is 2.53 bits per heavy atom. The van der Waals surface area contributed by atoms with E-state index in [1.165, 1.54) is 0 Å². The summed E-state index contributed by atoms with van der Waals surface area (Å²) < 4.78 is 9.79. The zero-order valence-corrected chi connectivity index (χ0v) is 9.14. The Bertz CT molecular complexity index is 546. The molecule has 0 saturated carbocycles. The van der Waals surface area contributed by atoms with Crippen molar-refractivity contribution in [1.82, 2.24) is 5.16 Å². The van der Waals surface area contributed by atoms with Crippen molar-refractivity contribution < 1.29 is 14.1 Å². The first kappa shape index (κ1) is 11.0. The Morgan fingerprint density at radius 1 is 1.35 bits per heavy atom. The van der Waals surface area contributed by atoms with Gasteiger partial charge in [0.25, 0.3) is 5.91 Å². The van der Waals surface area contributed by atoms with Crippen molar-refractivity contribution in [3.63, 3.8) is 0 Å². The van der Waals surface area contributed by atoms with Crippen LogP contribution in [0.25, 0.3) is 11.3 Å². The molecule has 2 rings (SSSR count). The number of hydrogen-bond donors (Lipinski definition) is 2. The lowest BCUT2D eigenvalue weighted by atomic mass is 10.1. The predicted molar refractivity (Wildman–Crippen MR) is 61.4 cm³/mol. The molecule has 1 aromatic heterocycles. The number of nitrogens with zero attached hydrogens (tertiary/aromatic N) is 1. The van der Waals surface area contributed by atoms with Gasteiger partial charge in [-0.15, -0.1) is 0 Å². The summed E-state index contributed by atoms with van der Waals surface area (Å²) in [7, 11) is 1.57. The van der Waals surface area contributed by atoms with Crippen LogP contribution in [0, 0.1) is 0 Å². The summed E-state index contributed by atoms with van der Waals surface area (Å²) >= 11 is 0. The van der Waals surface area contributed by atoms with Crippen LogP contribution in [0.5, 0.6) is 5.75 Å². The number of nitrogen functional groups attached to an aromatic ring is 1. The van der Waals surface area contributed by atoms with Gasteiger partial charge in [0.15, 0.2) is 0 Å². The second kappa shape index (κ2) is 4.17. The molecule has 0 fully saturated rings. The molecule has 88 valence electrons. The van der Waals surface area contributed by atoms with Crippen LogP contribution in [0.2, 0.25) is 0 Å². The second-order valence-corrected chi connectivity index (χ2v) is 3.36. The molecule has 0 radical (unpaired) electrons. The van der Waals surface area contributed by atoms with Crippen molar-refractivity contribution in [1.29, 1.82) is 0 Å². The fourth-order valence-electron chi connectivity index (χ4n) is 1.49. The molecule has 1 aromatic carbocycles. The van der Waals surface area contributed by atoms with Crippen LogP contribution in [0.3, 0.4) is 0 Å². The van der Waals surface area contributed by atoms with Crippen molar-refractivity contribution >= 4 is 11.8 Å². The Morgan fingerprint density at radius 2 is 2.00 bits per heavy atom. The van der Waals surface area contributed by atoms with Crippen LogP contribution >= 0.6 is 0 Å². The average molecular weight is 233 g/mol. The van der Waals surface area contributed by atoms with Gasteiger partial charge in [-0.25, -0.2) is 0 Å². The first-order valence-corrected chi connectivity index (χ1v) is 4.83. The first-order valence-electron chi connectivity index (χ1n) is 4.83. The Balaban J connectivity index is 2.49. The number of rotatable bonds is 3. The number of nitrogens with two attached hydrogens (primary N) is 2. The van der Waals surface area contributed by atoms with Gasteiger partial charge in [0.2, 0.25) is 5.88 Å². The SMILES string of the molecule is COc1ccc(-c2noc(N)c2C(N)=O)cc1. The number of carbonyl (C=O) groups excluding carboxylic acids is 1. The number of anilines is 1. The number of carbonyl (C=O) groups is 1. The maximum atomic E-state index is 11.2. The van der Waals surface area contributed by atoms with Crippen molar-refractivity contribution in [2.75, 3.05) is 12.8 Å². The highest BCUT2D eigenvalue weighted by molar-refractivity contribution is 6.02. The highest BCUT2D eigenvalue weighted by Gasteiger charge is 2.19. The lowest BCUT2D eigenvalue weighted by molar-refractivity contribution is 0.100. The Hall–Kier alpha value is -2.50. The number of ether oxygens (including phenoxy) is 1. The molecule has 4 N–H and O–H groups in total. The van der Waals surface area contributed by atoms with Gasteiger partial charge in [0.1, 0.15) is 17.0 Å². The number of benzene rings is 1. The van der Waals surface area contributed by atoms with Crippen molar-refractivity contribution in [2.45, 2.75) is 0 Å². The van der Waals surface area contributed by atoms with Gasteiger partial charge >= 0.3 is 0 Å². The maximum Gasteiger partial charge on any atom is 0.256 e.